The van der Waals surface area contributed by atoms with Crippen LogP contribution < -0.4 is 16.0 Å². The third-order valence-corrected chi connectivity index (χ3v) is 4.62. The Morgan fingerprint density at radius 3 is 1.97 bits per heavy atom. The summed E-state index contributed by atoms with van der Waals surface area (Å²) in [7, 11) is 0. The SMILES string of the molecule is Cc1ccc(NC(=O)NC(=O)CNC(c2ccccc2)c2ccccc2)c(C)c1. The van der Waals surface area contributed by atoms with Crippen molar-refractivity contribution in [2.75, 3.05) is 11.9 Å². The van der Waals surface area contributed by atoms with E-state index in [1.807, 2.05) is 92.7 Å². The molecule has 0 saturated carbocycles. The summed E-state index contributed by atoms with van der Waals surface area (Å²) in [4.78, 5) is 24.5. The fourth-order valence-electron chi connectivity index (χ4n) is 3.19. The van der Waals surface area contributed by atoms with Crippen molar-refractivity contribution in [1.29, 1.82) is 0 Å². The molecule has 0 aliphatic carbocycles. The highest BCUT2D eigenvalue weighted by molar-refractivity contribution is 6.02. The van der Waals surface area contributed by atoms with E-state index in [4.69, 9.17) is 0 Å². The summed E-state index contributed by atoms with van der Waals surface area (Å²) < 4.78 is 0. The molecule has 3 rings (SSSR count). The molecule has 0 radical (unpaired) electrons. The highest BCUT2D eigenvalue weighted by Crippen LogP contribution is 2.21. The fourth-order valence-corrected chi connectivity index (χ4v) is 3.19. The Labute approximate surface area is 171 Å². The van der Waals surface area contributed by atoms with Gasteiger partial charge in [0.05, 0.1) is 12.6 Å². The molecule has 0 atom stereocenters. The van der Waals surface area contributed by atoms with Gasteiger partial charge in [-0.1, -0.05) is 78.4 Å². The molecule has 3 aromatic carbocycles. The van der Waals surface area contributed by atoms with Crippen LogP contribution in [0.2, 0.25) is 0 Å². The van der Waals surface area contributed by atoms with Crippen LogP contribution in [0.1, 0.15) is 28.3 Å². The maximum absolute atomic E-state index is 12.3. The summed E-state index contributed by atoms with van der Waals surface area (Å²) in [5, 5.41) is 8.35. The smallest absolute Gasteiger partial charge is 0.307 e. The second-order valence-electron chi connectivity index (χ2n) is 6.96. The van der Waals surface area contributed by atoms with Crippen LogP contribution >= 0.6 is 0 Å². The monoisotopic (exact) mass is 387 g/mol. The molecule has 5 heteroatoms. The van der Waals surface area contributed by atoms with Crippen molar-refractivity contribution in [2.24, 2.45) is 0 Å². The van der Waals surface area contributed by atoms with Gasteiger partial charge in [-0.05, 0) is 36.6 Å². The van der Waals surface area contributed by atoms with Crippen LogP contribution in [0.15, 0.2) is 78.9 Å². The van der Waals surface area contributed by atoms with Gasteiger partial charge in [-0.15, -0.1) is 0 Å². The Bertz CT molecular complexity index is 932. The number of amides is 3. The zero-order chi connectivity index (χ0) is 20.6. The van der Waals surface area contributed by atoms with Crippen molar-refractivity contribution in [3.63, 3.8) is 0 Å². The van der Waals surface area contributed by atoms with E-state index in [1.165, 1.54) is 0 Å². The predicted octanol–water partition coefficient (Wildman–Crippen LogP) is 4.33. The number of nitrogens with one attached hydrogen (secondary N) is 3. The lowest BCUT2D eigenvalue weighted by atomic mass is 9.99. The number of carbonyl (C=O) groups excluding carboxylic acids is 2. The van der Waals surface area contributed by atoms with Crippen molar-refractivity contribution in [2.45, 2.75) is 19.9 Å². The van der Waals surface area contributed by atoms with Crippen LogP contribution in [0.5, 0.6) is 0 Å². The number of imide groups is 1. The lowest BCUT2D eigenvalue weighted by Gasteiger charge is -2.19. The number of hydrogen-bond donors (Lipinski definition) is 3. The molecule has 5 nitrogen and oxygen atoms in total. The number of urea groups is 1. The highest BCUT2D eigenvalue weighted by atomic mass is 16.2. The van der Waals surface area contributed by atoms with E-state index in [9.17, 15) is 9.59 Å². The Morgan fingerprint density at radius 1 is 0.828 bits per heavy atom. The van der Waals surface area contributed by atoms with Crippen LogP contribution in [-0.4, -0.2) is 18.5 Å². The summed E-state index contributed by atoms with van der Waals surface area (Å²) in [5.74, 6) is -0.399. The van der Waals surface area contributed by atoms with E-state index in [0.717, 1.165) is 22.3 Å². The van der Waals surface area contributed by atoms with Gasteiger partial charge in [-0.25, -0.2) is 4.79 Å². The van der Waals surface area contributed by atoms with Gasteiger partial charge in [0.1, 0.15) is 0 Å². The maximum Gasteiger partial charge on any atom is 0.325 e. The molecule has 29 heavy (non-hydrogen) atoms. The molecule has 148 valence electrons. The van der Waals surface area contributed by atoms with Gasteiger partial charge < -0.3 is 5.32 Å². The predicted molar refractivity (Wildman–Crippen MR) is 116 cm³/mol. The first-order chi connectivity index (χ1) is 14.0. The zero-order valence-corrected chi connectivity index (χ0v) is 16.6. The average molecular weight is 387 g/mol. The van der Waals surface area contributed by atoms with Gasteiger partial charge >= 0.3 is 6.03 Å². The Kier molecular flexibility index (Phi) is 6.76. The van der Waals surface area contributed by atoms with E-state index in [-0.39, 0.29) is 12.6 Å². The van der Waals surface area contributed by atoms with Gasteiger partial charge in [0.2, 0.25) is 5.91 Å². The average Bonchev–Trinajstić information content (AvgIpc) is 2.72. The van der Waals surface area contributed by atoms with Crippen LogP contribution in [-0.2, 0) is 4.79 Å². The van der Waals surface area contributed by atoms with Crippen LogP contribution in [0.25, 0.3) is 0 Å². The molecule has 0 heterocycles. The second kappa shape index (κ2) is 9.66. The van der Waals surface area contributed by atoms with E-state index in [2.05, 4.69) is 16.0 Å². The molecular formula is C24H25N3O2. The van der Waals surface area contributed by atoms with Crippen molar-refractivity contribution < 1.29 is 9.59 Å². The molecule has 3 aromatic rings. The molecule has 0 aromatic heterocycles. The van der Waals surface area contributed by atoms with Crippen molar-refractivity contribution in [3.05, 3.63) is 101 Å². The number of anilines is 1. The van der Waals surface area contributed by atoms with Gasteiger partial charge in [-0.3, -0.25) is 15.4 Å². The number of hydrogen-bond acceptors (Lipinski definition) is 3. The Balaban J connectivity index is 1.61. The van der Waals surface area contributed by atoms with Crippen molar-refractivity contribution >= 4 is 17.6 Å². The van der Waals surface area contributed by atoms with E-state index < -0.39 is 11.9 Å². The minimum absolute atomic E-state index is 0.00869. The fraction of sp³-hybridized carbons (Fsp3) is 0.167. The Morgan fingerprint density at radius 2 is 1.41 bits per heavy atom. The molecule has 3 N–H and O–H groups in total. The molecule has 0 bridgehead atoms. The van der Waals surface area contributed by atoms with Crippen LogP contribution in [0.3, 0.4) is 0 Å². The van der Waals surface area contributed by atoms with Crippen LogP contribution in [0, 0.1) is 13.8 Å². The first-order valence-corrected chi connectivity index (χ1v) is 9.54. The third-order valence-electron chi connectivity index (χ3n) is 4.62. The minimum atomic E-state index is -0.542. The normalized spacial score (nSPS) is 10.6. The van der Waals surface area contributed by atoms with Crippen molar-refractivity contribution in [1.82, 2.24) is 10.6 Å². The van der Waals surface area contributed by atoms with Crippen LogP contribution in [0.4, 0.5) is 10.5 Å². The highest BCUT2D eigenvalue weighted by Gasteiger charge is 2.16. The topological polar surface area (TPSA) is 70.2 Å². The maximum atomic E-state index is 12.3. The molecule has 0 aliphatic rings. The lowest BCUT2D eigenvalue weighted by Crippen LogP contribution is -2.41. The number of aryl methyl sites for hydroxylation is 2. The zero-order valence-electron chi connectivity index (χ0n) is 16.6. The minimum Gasteiger partial charge on any atom is -0.307 e. The third kappa shape index (κ3) is 5.77. The summed E-state index contributed by atoms with van der Waals surface area (Å²) in [6.45, 7) is 3.91. The summed E-state index contributed by atoms with van der Waals surface area (Å²) in [5.41, 5.74) is 4.83. The standard InChI is InChI=1S/C24H25N3O2/c1-17-13-14-21(18(2)15-17)26-24(29)27-22(28)16-25-23(19-9-5-3-6-10-19)20-11-7-4-8-12-20/h3-15,23,25H,16H2,1-2H3,(H2,26,27,28,29). The van der Waals surface area contributed by atoms with Gasteiger partial charge in [0.25, 0.3) is 0 Å². The molecule has 0 spiro atoms. The molecule has 0 unspecified atom stereocenters. The molecule has 3 amide bonds. The van der Waals surface area contributed by atoms with Crippen molar-refractivity contribution in [3.8, 4) is 0 Å². The van der Waals surface area contributed by atoms with E-state index >= 15 is 0 Å². The second-order valence-corrected chi connectivity index (χ2v) is 6.96. The quantitative estimate of drug-likeness (QED) is 0.590. The van der Waals surface area contributed by atoms with E-state index in [0.29, 0.717) is 5.69 Å². The number of carbonyl (C=O) groups is 2. The van der Waals surface area contributed by atoms with Gasteiger partial charge in [0, 0.05) is 5.69 Å². The summed E-state index contributed by atoms with van der Waals surface area (Å²) in [6, 6.07) is 24.8. The molecule has 0 aliphatic heterocycles. The molecule has 0 saturated heterocycles. The first-order valence-electron chi connectivity index (χ1n) is 9.54. The van der Waals surface area contributed by atoms with E-state index in [1.54, 1.807) is 0 Å². The largest absolute Gasteiger partial charge is 0.325 e. The number of rotatable bonds is 6. The van der Waals surface area contributed by atoms with Gasteiger partial charge in [0.15, 0.2) is 0 Å². The summed E-state index contributed by atoms with van der Waals surface area (Å²) >= 11 is 0. The Hall–Kier alpha value is -3.44. The summed E-state index contributed by atoms with van der Waals surface area (Å²) in [6.07, 6.45) is 0. The molecular weight excluding hydrogens is 362 g/mol. The number of benzene rings is 3. The van der Waals surface area contributed by atoms with Gasteiger partial charge in [-0.2, -0.15) is 0 Å². The molecule has 0 fully saturated rings. The lowest BCUT2D eigenvalue weighted by molar-refractivity contribution is -0.119. The first kappa shape index (κ1) is 20.3.